The predicted molar refractivity (Wildman–Crippen MR) is 108 cm³/mol. The molecule has 0 spiro atoms. The molecule has 2 N–H and O–H groups in total. The van der Waals surface area contributed by atoms with Gasteiger partial charge in [-0.05, 0) is 83.6 Å². The highest BCUT2D eigenvalue weighted by Gasteiger charge is 2.32. The lowest BCUT2D eigenvalue weighted by Crippen LogP contribution is -2.45. The smallest absolute Gasteiger partial charge is 0.171 e. The molecule has 0 unspecified atom stereocenters. The van der Waals surface area contributed by atoms with E-state index in [4.69, 9.17) is 12.2 Å². The van der Waals surface area contributed by atoms with E-state index in [9.17, 15) is 8.78 Å². The van der Waals surface area contributed by atoms with Crippen molar-refractivity contribution in [2.75, 3.05) is 0 Å². The Balaban J connectivity index is 1.78. The van der Waals surface area contributed by atoms with E-state index in [1.165, 1.54) is 29.8 Å². The zero-order valence-electron chi connectivity index (χ0n) is 14.9. The molecule has 0 amide bonds. The molecule has 0 saturated carbocycles. The second kappa shape index (κ2) is 7.24. The number of hydrogen-bond acceptors (Lipinski definition) is 1. The van der Waals surface area contributed by atoms with Crippen LogP contribution in [0.25, 0.3) is 6.08 Å². The molecule has 4 rings (SSSR count). The van der Waals surface area contributed by atoms with Crippen LogP contribution in [0, 0.1) is 17.6 Å². The van der Waals surface area contributed by atoms with Gasteiger partial charge in [-0.1, -0.05) is 31.2 Å². The van der Waals surface area contributed by atoms with Crippen LogP contribution in [0.15, 0.2) is 65.4 Å². The van der Waals surface area contributed by atoms with Gasteiger partial charge in [-0.15, -0.1) is 0 Å². The lowest BCUT2D eigenvalue weighted by molar-refractivity contribution is 0.499. The van der Waals surface area contributed by atoms with E-state index in [1.54, 1.807) is 24.3 Å². The number of halogens is 2. The first-order valence-corrected chi connectivity index (χ1v) is 9.43. The number of nitrogens with one attached hydrogen (secondary N) is 2. The van der Waals surface area contributed by atoms with Gasteiger partial charge >= 0.3 is 0 Å². The van der Waals surface area contributed by atoms with Crippen LogP contribution < -0.4 is 10.6 Å². The summed E-state index contributed by atoms with van der Waals surface area (Å²) < 4.78 is 26.6. The van der Waals surface area contributed by atoms with Gasteiger partial charge in [0.05, 0.1) is 6.04 Å². The van der Waals surface area contributed by atoms with Crippen molar-refractivity contribution >= 4 is 23.4 Å². The molecular formula is C22H20F2N2S. The molecule has 138 valence electrons. The monoisotopic (exact) mass is 382 g/mol. The minimum atomic E-state index is -0.252. The second-order valence-electron chi connectivity index (χ2n) is 7.22. The van der Waals surface area contributed by atoms with Crippen molar-refractivity contribution < 1.29 is 8.78 Å². The number of allylic oxidation sites excluding steroid dienone is 1. The largest absolute Gasteiger partial charge is 0.352 e. The summed E-state index contributed by atoms with van der Waals surface area (Å²) in [5.74, 6) is -0.0290. The fourth-order valence-electron chi connectivity index (χ4n) is 3.85. The normalized spacial score (nSPS) is 23.7. The van der Waals surface area contributed by atoms with E-state index in [0.29, 0.717) is 11.0 Å². The van der Waals surface area contributed by atoms with Crippen molar-refractivity contribution in [3.8, 4) is 0 Å². The molecule has 2 aromatic rings. The van der Waals surface area contributed by atoms with Crippen molar-refractivity contribution in [2.24, 2.45) is 5.92 Å². The molecule has 2 aromatic carbocycles. The van der Waals surface area contributed by atoms with E-state index in [0.717, 1.165) is 35.2 Å². The van der Waals surface area contributed by atoms with Gasteiger partial charge in [-0.2, -0.15) is 0 Å². The minimum Gasteiger partial charge on any atom is -0.352 e. The number of rotatable bonds is 2. The molecule has 1 aliphatic carbocycles. The molecule has 1 heterocycles. The van der Waals surface area contributed by atoms with Crippen LogP contribution in [0.3, 0.4) is 0 Å². The summed E-state index contributed by atoms with van der Waals surface area (Å²) in [6, 6.07) is 13.0. The Morgan fingerprint density at radius 1 is 0.963 bits per heavy atom. The molecule has 1 aliphatic heterocycles. The van der Waals surface area contributed by atoms with E-state index in [-0.39, 0.29) is 17.7 Å². The first kappa shape index (κ1) is 17.9. The zero-order chi connectivity index (χ0) is 19.0. The minimum absolute atomic E-state index is 0.0753. The zero-order valence-corrected chi connectivity index (χ0v) is 15.7. The first-order chi connectivity index (χ1) is 13.0. The molecule has 0 fully saturated rings. The van der Waals surface area contributed by atoms with Gasteiger partial charge < -0.3 is 10.6 Å². The summed E-state index contributed by atoms with van der Waals surface area (Å²) in [4.78, 5) is 0. The number of hydrogen-bond donors (Lipinski definition) is 2. The molecule has 0 saturated heterocycles. The Kier molecular flexibility index (Phi) is 4.79. The molecule has 0 radical (unpaired) electrons. The second-order valence-corrected chi connectivity index (χ2v) is 7.63. The molecule has 2 aliphatic rings. The van der Waals surface area contributed by atoms with Crippen LogP contribution in [0.5, 0.6) is 0 Å². The highest BCUT2D eigenvalue weighted by Crippen LogP contribution is 2.41. The fraction of sp³-hybridized carbons (Fsp3) is 0.227. The Bertz CT molecular complexity index is 930. The van der Waals surface area contributed by atoms with E-state index in [2.05, 4.69) is 23.6 Å². The lowest BCUT2D eigenvalue weighted by Gasteiger charge is -2.38. The van der Waals surface area contributed by atoms with Crippen molar-refractivity contribution in [3.05, 3.63) is 88.1 Å². The highest BCUT2D eigenvalue weighted by molar-refractivity contribution is 7.80. The van der Waals surface area contributed by atoms with Gasteiger partial charge in [-0.3, -0.25) is 0 Å². The molecule has 2 atom stereocenters. The van der Waals surface area contributed by atoms with E-state index < -0.39 is 0 Å². The molecule has 5 heteroatoms. The summed E-state index contributed by atoms with van der Waals surface area (Å²) in [7, 11) is 0. The van der Waals surface area contributed by atoms with Crippen LogP contribution in [0.1, 0.15) is 36.9 Å². The van der Waals surface area contributed by atoms with E-state index >= 15 is 0 Å². The summed E-state index contributed by atoms with van der Waals surface area (Å²) in [5, 5.41) is 7.20. The van der Waals surface area contributed by atoms with Crippen molar-refractivity contribution in [1.29, 1.82) is 0 Å². The van der Waals surface area contributed by atoms with Gasteiger partial charge in [0.25, 0.3) is 0 Å². The molecular weight excluding hydrogens is 362 g/mol. The maximum Gasteiger partial charge on any atom is 0.171 e. The maximum absolute atomic E-state index is 13.4. The third kappa shape index (κ3) is 3.78. The van der Waals surface area contributed by atoms with Gasteiger partial charge in [0.1, 0.15) is 11.6 Å². The summed E-state index contributed by atoms with van der Waals surface area (Å²) in [5.41, 5.74) is 5.36. The van der Waals surface area contributed by atoms with Crippen LogP contribution in [-0.2, 0) is 0 Å². The summed E-state index contributed by atoms with van der Waals surface area (Å²) >= 11 is 5.43. The Hall–Kier alpha value is -2.53. The summed E-state index contributed by atoms with van der Waals surface area (Å²) in [6.45, 7) is 2.22. The van der Waals surface area contributed by atoms with E-state index in [1.807, 2.05) is 0 Å². The highest BCUT2D eigenvalue weighted by atomic mass is 32.1. The summed E-state index contributed by atoms with van der Waals surface area (Å²) in [6.07, 6.45) is 3.94. The first-order valence-electron chi connectivity index (χ1n) is 9.02. The van der Waals surface area contributed by atoms with Crippen LogP contribution in [-0.4, -0.2) is 5.11 Å². The Morgan fingerprint density at radius 3 is 2.26 bits per heavy atom. The molecule has 27 heavy (non-hydrogen) atoms. The molecule has 0 bridgehead atoms. The number of thiocarbonyl (C=S) groups is 1. The average Bonchev–Trinajstić information content (AvgIpc) is 2.64. The quantitative estimate of drug-likeness (QED) is 0.694. The average molecular weight is 382 g/mol. The molecule has 0 aromatic heterocycles. The van der Waals surface area contributed by atoms with Crippen molar-refractivity contribution in [2.45, 2.75) is 25.8 Å². The Labute approximate surface area is 163 Å². The van der Waals surface area contributed by atoms with Gasteiger partial charge in [0.15, 0.2) is 5.11 Å². The van der Waals surface area contributed by atoms with Crippen LogP contribution in [0.2, 0.25) is 0 Å². The van der Waals surface area contributed by atoms with Crippen molar-refractivity contribution in [1.82, 2.24) is 10.6 Å². The third-order valence-corrected chi connectivity index (χ3v) is 5.28. The standard InChI is InChI=1S/C22H20F2N2S/c1-13-10-16(12-14-2-6-17(23)7-3-14)21-19(11-13)20(25-22(27)26-21)15-4-8-18(24)9-5-15/h2-9,12-13,20H,10-11H2,1H3,(H2,25,26,27)/b16-12+/t13-,20-/m0/s1. The molecule has 2 nitrogen and oxygen atoms in total. The van der Waals surface area contributed by atoms with Gasteiger partial charge in [-0.25, -0.2) is 8.78 Å². The van der Waals surface area contributed by atoms with Gasteiger partial charge in [0.2, 0.25) is 0 Å². The predicted octanol–water partition coefficient (Wildman–Crippen LogP) is 5.25. The van der Waals surface area contributed by atoms with Crippen LogP contribution in [0.4, 0.5) is 8.78 Å². The topological polar surface area (TPSA) is 24.1 Å². The number of benzene rings is 2. The van der Waals surface area contributed by atoms with Crippen LogP contribution >= 0.6 is 12.2 Å². The Morgan fingerprint density at radius 2 is 1.59 bits per heavy atom. The van der Waals surface area contributed by atoms with Gasteiger partial charge in [0, 0.05) is 5.70 Å². The third-order valence-electron chi connectivity index (χ3n) is 5.06. The fourth-order valence-corrected chi connectivity index (χ4v) is 4.07. The SMILES string of the molecule is C[C@@H]1CC2=C(NC(=S)N[C@H]2c2ccc(F)cc2)/C(=C/c2ccc(F)cc2)C1. The maximum atomic E-state index is 13.4. The van der Waals surface area contributed by atoms with Crippen molar-refractivity contribution in [3.63, 3.8) is 0 Å². The lowest BCUT2D eigenvalue weighted by atomic mass is 9.78.